The summed E-state index contributed by atoms with van der Waals surface area (Å²) in [4.78, 5) is 27.5. The van der Waals surface area contributed by atoms with Gasteiger partial charge in [-0.05, 0) is 44.4 Å². The van der Waals surface area contributed by atoms with Gasteiger partial charge in [0.1, 0.15) is 0 Å². The molecule has 3 rings (SSSR count). The minimum atomic E-state index is -0.351. The molecule has 1 aliphatic heterocycles. The number of likely N-dealkylation sites (N-methyl/N-ethyl adjacent to an activating group) is 1. The maximum atomic E-state index is 13.3. The van der Waals surface area contributed by atoms with Gasteiger partial charge in [-0.15, -0.1) is 12.4 Å². The maximum absolute atomic E-state index is 13.3. The van der Waals surface area contributed by atoms with Gasteiger partial charge in [-0.25, -0.2) is 0 Å². The molecule has 2 atom stereocenters. The van der Waals surface area contributed by atoms with Crippen molar-refractivity contribution in [3.05, 3.63) is 28.2 Å². The predicted octanol–water partition coefficient (Wildman–Crippen LogP) is 3.98. The van der Waals surface area contributed by atoms with E-state index in [4.69, 9.17) is 23.2 Å². The van der Waals surface area contributed by atoms with Crippen LogP contribution in [0.1, 0.15) is 32.6 Å². The van der Waals surface area contributed by atoms with Crippen molar-refractivity contribution in [3.8, 4) is 0 Å². The smallest absolute Gasteiger partial charge is 0.244 e. The third-order valence-electron chi connectivity index (χ3n) is 5.69. The zero-order valence-corrected chi connectivity index (χ0v) is 17.7. The average Bonchev–Trinajstić information content (AvgIpc) is 3.07. The lowest BCUT2D eigenvalue weighted by atomic mass is 9.67. The van der Waals surface area contributed by atoms with E-state index in [1.165, 1.54) is 6.42 Å². The number of nitrogens with zero attached hydrogens (tertiary/aromatic N) is 1. The summed E-state index contributed by atoms with van der Waals surface area (Å²) >= 11 is 12.2. The molecule has 1 aromatic rings. The van der Waals surface area contributed by atoms with Crippen molar-refractivity contribution >= 4 is 53.1 Å². The van der Waals surface area contributed by atoms with E-state index in [9.17, 15) is 9.59 Å². The van der Waals surface area contributed by atoms with Crippen molar-refractivity contribution in [1.29, 1.82) is 0 Å². The van der Waals surface area contributed by atoms with Gasteiger partial charge in [0.2, 0.25) is 11.8 Å². The maximum Gasteiger partial charge on any atom is 0.244 e. The van der Waals surface area contributed by atoms with Gasteiger partial charge in [0.05, 0.1) is 27.7 Å². The predicted molar refractivity (Wildman–Crippen MR) is 112 cm³/mol. The van der Waals surface area contributed by atoms with Crippen LogP contribution in [-0.4, -0.2) is 42.9 Å². The van der Waals surface area contributed by atoms with Crippen molar-refractivity contribution in [2.75, 3.05) is 31.5 Å². The first kappa shape index (κ1) is 22.3. The Bertz CT molecular complexity index is 681. The zero-order chi connectivity index (χ0) is 18.7. The summed E-state index contributed by atoms with van der Waals surface area (Å²) in [6.45, 7) is 4.02. The molecule has 2 N–H and O–H groups in total. The number of halogens is 3. The molecular formula is C19H26Cl3N3O2. The molecule has 2 amide bonds. The van der Waals surface area contributed by atoms with E-state index in [0.717, 1.165) is 25.8 Å². The van der Waals surface area contributed by atoms with Crippen molar-refractivity contribution in [1.82, 2.24) is 10.2 Å². The van der Waals surface area contributed by atoms with Crippen LogP contribution in [0.4, 0.5) is 5.69 Å². The Morgan fingerprint density at radius 1 is 1.30 bits per heavy atom. The number of amides is 2. The monoisotopic (exact) mass is 433 g/mol. The van der Waals surface area contributed by atoms with Gasteiger partial charge >= 0.3 is 0 Å². The SMILES string of the molecule is CCN(CC(=O)Nc1c(Cl)cccc1Cl)C(=O)[C@@]12CCCC[C@H]1CNC2.Cl. The lowest BCUT2D eigenvalue weighted by Gasteiger charge is -2.40. The summed E-state index contributed by atoms with van der Waals surface area (Å²) in [5.41, 5.74) is 0.0388. The third kappa shape index (κ3) is 4.53. The highest BCUT2D eigenvalue weighted by molar-refractivity contribution is 6.39. The molecule has 1 saturated heterocycles. The van der Waals surface area contributed by atoms with Gasteiger partial charge in [0.15, 0.2) is 0 Å². The van der Waals surface area contributed by atoms with Crippen LogP contribution in [0.2, 0.25) is 10.0 Å². The number of carbonyl (C=O) groups is 2. The Morgan fingerprint density at radius 3 is 2.67 bits per heavy atom. The van der Waals surface area contributed by atoms with Crippen LogP contribution in [0.5, 0.6) is 0 Å². The third-order valence-corrected chi connectivity index (χ3v) is 6.32. The molecule has 1 saturated carbocycles. The van der Waals surface area contributed by atoms with Crippen LogP contribution in [0.15, 0.2) is 18.2 Å². The normalized spacial score (nSPS) is 23.9. The number of hydrogen-bond acceptors (Lipinski definition) is 3. The summed E-state index contributed by atoms with van der Waals surface area (Å²) < 4.78 is 0. The Morgan fingerprint density at radius 2 is 2.00 bits per heavy atom. The zero-order valence-electron chi connectivity index (χ0n) is 15.4. The lowest BCUT2D eigenvalue weighted by molar-refractivity contribution is -0.147. The molecule has 5 nitrogen and oxygen atoms in total. The summed E-state index contributed by atoms with van der Waals surface area (Å²) in [7, 11) is 0. The fourth-order valence-corrected chi connectivity index (χ4v) is 4.77. The minimum Gasteiger partial charge on any atom is -0.333 e. The van der Waals surface area contributed by atoms with Crippen LogP contribution in [0.25, 0.3) is 0 Å². The summed E-state index contributed by atoms with van der Waals surface area (Å²) in [5, 5.41) is 6.90. The first-order chi connectivity index (χ1) is 12.5. The highest BCUT2D eigenvalue weighted by Gasteiger charge is 2.51. The molecule has 150 valence electrons. The minimum absolute atomic E-state index is 0. The molecule has 0 aromatic heterocycles. The average molecular weight is 435 g/mol. The Hall–Kier alpha value is -1.01. The molecule has 2 aliphatic rings. The molecule has 27 heavy (non-hydrogen) atoms. The molecule has 0 unspecified atom stereocenters. The van der Waals surface area contributed by atoms with Crippen molar-refractivity contribution in [3.63, 3.8) is 0 Å². The summed E-state index contributed by atoms with van der Waals surface area (Å²) in [5.74, 6) is 0.180. The van der Waals surface area contributed by atoms with Gasteiger partial charge < -0.3 is 15.5 Å². The molecule has 2 fully saturated rings. The van der Waals surface area contributed by atoms with Crippen LogP contribution in [0.3, 0.4) is 0 Å². The second-order valence-corrected chi connectivity index (χ2v) is 8.01. The second kappa shape index (κ2) is 9.46. The van der Waals surface area contributed by atoms with E-state index in [0.29, 0.717) is 34.7 Å². The van der Waals surface area contributed by atoms with Crippen molar-refractivity contribution in [2.45, 2.75) is 32.6 Å². The van der Waals surface area contributed by atoms with Crippen molar-refractivity contribution < 1.29 is 9.59 Å². The lowest BCUT2D eigenvalue weighted by Crippen LogP contribution is -2.51. The number of anilines is 1. The van der Waals surface area contributed by atoms with Gasteiger partial charge in [0.25, 0.3) is 0 Å². The van der Waals surface area contributed by atoms with Crippen LogP contribution < -0.4 is 10.6 Å². The molecule has 1 heterocycles. The van der Waals surface area contributed by atoms with Crippen LogP contribution in [-0.2, 0) is 9.59 Å². The number of hydrogen-bond donors (Lipinski definition) is 2. The molecule has 0 spiro atoms. The van der Waals surface area contributed by atoms with Gasteiger partial charge in [0, 0.05) is 13.1 Å². The number of rotatable bonds is 5. The Labute approximate surface area is 176 Å². The van der Waals surface area contributed by atoms with E-state index < -0.39 is 0 Å². The Kier molecular flexibility index (Phi) is 7.81. The largest absolute Gasteiger partial charge is 0.333 e. The van der Waals surface area contributed by atoms with E-state index >= 15 is 0 Å². The first-order valence-corrected chi connectivity index (χ1v) is 9.97. The number of para-hydroxylation sites is 1. The van der Waals surface area contributed by atoms with E-state index in [1.807, 2.05) is 6.92 Å². The van der Waals surface area contributed by atoms with Crippen molar-refractivity contribution in [2.24, 2.45) is 11.3 Å². The summed E-state index contributed by atoms with van der Waals surface area (Å²) in [6, 6.07) is 5.06. The standard InChI is InChI=1S/C19H25Cl2N3O2.ClH/c1-2-24(11-16(25)23-17-14(20)7-5-8-15(17)21)18(26)19-9-4-3-6-13(19)10-22-12-19;/h5,7-8,13,22H,2-4,6,9-12H2,1H3,(H,23,25);1H/t13-,19+;/m0./s1. The number of fused-ring (bicyclic) bond motifs is 1. The number of carbonyl (C=O) groups excluding carboxylic acids is 2. The van der Waals surface area contributed by atoms with Crippen LogP contribution in [0, 0.1) is 11.3 Å². The number of benzene rings is 1. The molecule has 0 bridgehead atoms. The van der Waals surface area contributed by atoms with E-state index in [2.05, 4.69) is 10.6 Å². The van der Waals surface area contributed by atoms with Crippen LogP contribution >= 0.6 is 35.6 Å². The van der Waals surface area contributed by atoms with Gasteiger partial charge in [-0.2, -0.15) is 0 Å². The van der Waals surface area contributed by atoms with E-state index in [-0.39, 0.29) is 36.2 Å². The Balaban J connectivity index is 0.00000261. The molecule has 8 heteroatoms. The fourth-order valence-electron chi connectivity index (χ4n) is 4.28. The fraction of sp³-hybridized carbons (Fsp3) is 0.579. The molecule has 0 radical (unpaired) electrons. The van der Waals surface area contributed by atoms with Gasteiger partial charge in [-0.1, -0.05) is 42.1 Å². The second-order valence-electron chi connectivity index (χ2n) is 7.19. The number of nitrogens with one attached hydrogen (secondary N) is 2. The highest BCUT2D eigenvalue weighted by atomic mass is 35.5. The molecule has 1 aromatic carbocycles. The van der Waals surface area contributed by atoms with Gasteiger partial charge in [-0.3, -0.25) is 9.59 Å². The van der Waals surface area contributed by atoms with E-state index in [1.54, 1.807) is 23.1 Å². The quantitative estimate of drug-likeness (QED) is 0.737. The topological polar surface area (TPSA) is 61.4 Å². The highest BCUT2D eigenvalue weighted by Crippen LogP contribution is 2.45. The summed E-state index contributed by atoms with van der Waals surface area (Å²) in [6.07, 6.45) is 4.23. The molecule has 1 aliphatic carbocycles. The first-order valence-electron chi connectivity index (χ1n) is 9.22. The molecular weight excluding hydrogens is 409 g/mol.